The van der Waals surface area contributed by atoms with Crippen LogP contribution in [0.2, 0.25) is 0 Å². The number of nitrogens with one attached hydrogen (secondary N) is 1. The number of hydrogen-bond acceptors (Lipinski definition) is 2. The Morgan fingerprint density at radius 2 is 0.949 bits per heavy atom. The zero-order valence-corrected chi connectivity index (χ0v) is 22.9. The van der Waals surface area contributed by atoms with Crippen molar-refractivity contribution in [1.29, 1.82) is 0 Å². The number of hydrogen-bond donors (Lipinski definition) is 1. The van der Waals surface area contributed by atoms with E-state index in [0.29, 0.717) is 0 Å². The van der Waals surface area contributed by atoms with Gasteiger partial charge in [0.1, 0.15) is 11.0 Å². The summed E-state index contributed by atoms with van der Waals surface area (Å²) in [5.74, 6) is 0. The molecular weight excluding hydrogens is 474 g/mol. The van der Waals surface area contributed by atoms with Crippen molar-refractivity contribution in [3.8, 4) is 22.3 Å². The fourth-order valence-electron chi connectivity index (χ4n) is 5.94. The van der Waals surface area contributed by atoms with E-state index in [-0.39, 0.29) is 10.8 Å². The third-order valence-corrected chi connectivity index (χ3v) is 8.24. The van der Waals surface area contributed by atoms with Crippen LogP contribution >= 0.6 is 0 Å². The van der Waals surface area contributed by atoms with Crippen molar-refractivity contribution in [3.05, 3.63) is 144 Å². The zero-order valence-electron chi connectivity index (χ0n) is 22.9. The topological polar surface area (TPSA) is 41.6 Å². The van der Waals surface area contributed by atoms with Crippen molar-refractivity contribution in [2.24, 2.45) is 0 Å². The van der Waals surface area contributed by atoms with Gasteiger partial charge in [-0.2, -0.15) is 15.4 Å². The monoisotopic (exact) mass is 507 g/mol. The minimum absolute atomic E-state index is 0.198. The molecule has 0 aliphatic carbocycles. The van der Waals surface area contributed by atoms with Gasteiger partial charge in [-0.3, -0.25) is 0 Å². The molecule has 0 unspecified atom stereocenters. The molecule has 0 spiro atoms. The molecule has 1 aromatic heterocycles. The summed E-state index contributed by atoms with van der Waals surface area (Å²) in [6.07, 6.45) is 0. The predicted molar refractivity (Wildman–Crippen MR) is 162 cm³/mol. The quantitative estimate of drug-likeness (QED) is 0.244. The second kappa shape index (κ2) is 9.67. The first kappa shape index (κ1) is 24.8. The summed E-state index contributed by atoms with van der Waals surface area (Å²) in [6, 6.07) is 43.3. The first-order valence-corrected chi connectivity index (χ1v) is 13.5. The summed E-state index contributed by atoms with van der Waals surface area (Å²) in [5.41, 5.74) is 11.1. The number of aromatic amines is 1. The van der Waals surface area contributed by atoms with Crippen molar-refractivity contribution in [2.45, 2.75) is 38.5 Å². The molecule has 3 heteroatoms. The molecule has 0 amide bonds. The second-order valence-electron chi connectivity index (χ2n) is 11.3. The number of aromatic nitrogens is 3. The van der Waals surface area contributed by atoms with E-state index >= 15 is 0 Å². The average molecular weight is 508 g/mol. The summed E-state index contributed by atoms with van der Waals surface area (Å²) in [5, 5.41) is 12.1. The van der Waals surface area contributed by atoms with Crippen molar-refractivity contribution >= 4 is 11.0 Å². The molecule has 0 radical (unpaired) electrons. The fourth-order valence-corrected chi connectivity index (χ4v) is 5.94. The van der Waals surface area contributed by atoms with Crippen molar-refractivity contribution in [3.63, 3.8) is 0 Å². The molecule has 6 aromatic rings. The van der Waals surface area contributed by atoms with Crippen LogP contribution in [-0.4, -0.2) is 15.4 Å². The van der Waals surface area contributed by atoms with Crippen molar-refractivity contribution in [1.82, 2.24) is 15.4 Å². The van der Waals surface area contributed by atoms with E-state index < -0.39 is 0 Å². The summed E-state index contributed by atoms with van der Waals surface area (Å²) < 4.78 is 0. The molecular formula is C36H33N3. The van der Waals surface area contributed by atoms with Crippen LogP contribution in [0, 0.1) is 0 Å². The molecule has 0 aliphatic heterocycles. The molecule has 6 rings (SSSR count). The Labute approximate surface area is 230 Å². The Kier molecular flexibility index (Phi) is 6.15. The molecule has 1 N–H and O–H groups in total. The zero-order chi connectivity index (χ0) is 27.0. The van der Waals surface area contributed by atoms with Crippen molar-refractivity contribution < 1.29 is 0 Å². The van der Waals surface area contributed by atoms with E-state index in [1.54, 1.807) is 0 Å². The lowest BCUT2D eigenvalue weighted by molar-refractivity contribution is 0.642. The van der Waals surface area contributed by atoms with E-state index in [0.717, 1.165) is 22.2 Å². The van der Waals surface area contributed by atoms with Gasteiger partial charge in [0.05, 0.1) is 0 Å². The van der Waals surface area contributed by atoms with Gasteiger partial charge in [-0.05, 0) is 45.0 Å². The molecule has 1 heterocycles. The van der Waals surface area contributed by atoms with Crippen molar-refractivity contribution in [2.75, 3.05) is 0 Å². The highest BCUT2D eigenvalue weighted by Gasteiger charge is 2.30. The van der Waals surface area contributed by atoms with Gasteiger partial charge in [-0.15, -0.1) is 0 Å². The standard InChI is InChI=1S/C36H33N3/c1-35(2,25-15-7-5-8-16-25)30-21-13-11-19-27(30)28-23-24-32-34(38-39-37-32)33(28)29-20-12-14-22-31(29)36(3,4)26-17-9-6-10-18-26/h5-24H,1-4H3,(H,37,38,39). The largest absolute Gasteiger partial charge is 0.197 e. The Balaban J connectivity index is 1.64. The number of H-pyrrole nitrogens is 1. The van der Waals surface area contributed by atoms with Gasteiger partial charge in [0.25, 0.3) is 0 Å². The van der Waals surface area contributed by atoms with Gasteiger partial charge in [-0.25, -0.2) is 0 Å². The van der Waals surface area contributed by atoms with E-state index in [1.165, 1.54) is 33.4 Å². The summed E-state index contributed by atoms with van der Waals surface area (Å²) in [4.78, 5) is 0. The molecule has 192 valence electrons. The molecule has 0 aliphatic rings. The maximum atomic E-state index is 4.69. The Morgan fingerprint density at radius 3 is 1.54 bits per heavy atom. The minimum atomic E-state index is -0.218. The van der Waals surface area contributed by atoms with Crippen LogP contribution in [0.25, 0.3) is 33.3 Å². The second-order valence-corrected chi connectivity index (χ2v) is 11.3. The SMILES string of the molecule is CC(C)(c1ccccc1)c1ccccc1-c1ccc2n[nH]nc2c1-c1ccccc1C(C)(C)c1ccccc1. The van der Waals surface area contributed by atoms with E-state index in [9.17, 15) is 0 Å². The molecule has 5 aromatic carbocycles. The predicted octanol–water partition coefficient (Wildman–Crippen LogP) is 8.94. The van der Waals surface area contributed by atoms with Gasteiger partial charge in [0.15, 0.2) is 0 Å². The highest BCUT2D eigenvalue weighted by Crippen LogP contribution is 2.46. The van der Waals surface area contributed by atoms with E-state index in [4.69, 9.17) is 5.10 Å². The summed E-state index contributed by atoms with van der Waals surface area (Å²) >= 11 is 0. The Hall–Kier alpha value is -4.50. The summed E-state index contributed by atoms with van der Waals surface area (Å²) in [6.45, 7) is 9.22. The van der Waals surface area contributed by atoms with Crippen LogP contribution in [0.5, 0.6) is 0 Å². The molecule has 39 heavy (non-hydrogen) atoms. The first-order chi connectivity index (χ1) is 18.9. The molecule has 0 atom stereocenters. The fraction of sp³-hybridized carbons (Fsp3) is 0.167. The molecule has 0 fully saturated rings. The van der Waals surface area contributed by atoms with Crippen LogP contribution in [0.1, 0.15) is 49.9 Å². The average Bonchev–Trinajstić information content (AvgIpc) is 3.47. The van der Waals surface area contributed by atoms with Crippen LogP contribution in [0.15, 0.2) is 121 Å². The van der Waals surface area contributed by atoms with E-state index in [2.05, 4.69) is 159 Å². The van der Waals surface area contributed by atoms with Gasteiger partial charge < -0.3 is 0 Å². The normalized spacial score (nSPS) is 12.1. The van der Waals surface area contributed by atoms with Gasteiger partial charge in [0.2, 0.25) is 0 Å². The van der Waals surface area contributed by atoms with Crippen LogP contribution in [-0.2, 0) is 10.8 Å². The minimum Gasteiger partial charge on any atom is -0.197 e. The van der Waals surface area contributed by atoms with Gasteiger partial charge >= 0.3 is 0 Å². The first-order valence-electron chi connectivity index (χ1n) is 13.5. The number of fused-ring (bicyclic) bond motifs is 1. The lowest BCUT2D eigenvalue weighted by Crippen LogP contribution is -2.21. The third-order valence-electron chi connectivity index (χ3n) is 8.24. The summed E-state index contributed by atoms with van der Waals surface area (Å²) in [7, 11) is 0. The molecule has 0 saturated heterocycles. The van der Waals surface area contributed by atoms with E-state index in [1.807, 2.05) is 0 Å². The lowest BCUT2D eigenvalue weighted by Gasteiger charge is -2.31. The lowest BCUT2D eigenvalue weighted by atomic mass is 9.72. The van der Waals surface area contributed by atoms with Crippen LogP contribution in [0.3, 0.4) is 0 Å². The smallest absolute Gasteiger partial charge is 0.121 e. The number of rotatable bonds is 6. The maximum Gasteiger partial charge on any atom is 0.121 e. The van der Waals surface area contributed by atoms with Crippen LogP contribution < -0.4 is 0 Å². The maximum absolute atomic E-state index is 4.69. The highest BCUT2D eigenvalue weighted by atomic mass is 15.3. The molecule has 3 nitrogen and oxygen atoms in total. The Bertz CT molecular complexity index is 1750. The number of nitrogens with zero attached hydrogens (tertiary/aromatic N) is 2. The molecule has 0 bridgehead atoms. The number of benzene rings is 5. The molecule has 0 saturated carbocycles. The Morgan fingerprint density at radius 1 is 0.462 bits per heavy atom. The van der Waals surface area contributed by atoms with Gasteiger partial charge in [-0.1, -0.05) is 143 Å². The highest BCUT2D eigenvalue weighted by molar-refractivity contribution is 6.02. The van der Waals surface area contributed by atoms with Crippen LogP contribution in [0.4, 0.5) is 0 Å². The third kappa shape index (κ3) is 4.24. The van der Waals surface area contributed by atoms with Gasteiger partial charge in [0, 0.05) is 16.4 Å².